The number of halogens is 1. The van der Waals surface area contributed by atoms with Crippen LogP contribution in [0.15, 0.2) is 48.5 Å². The van der Waals surface area contributed by atoms with E-state index >= 15 is 0 Å². The second-order valence-corrected chi connectivity index (χ2v) is 5.21. The zero-order valence-corrected chi connectivity index (χ0v) is 12.9. The summed E-state index contributed by atoms with van der Waals surface area (Å²) in [6.45, 7) is 3.86. The van der Waals surface area contributed by atoms with Crippen molar-refractivity contribution in [2.45, 2.75) is 26.4 Å². The second kappa shape index (κ2) is 7.14. The Morgan fingerprint density at radius 3 is 2.67 bits per heavy atom. The first-order valence-corrected chi connectivity index (χ1v) is 7.26. The third kappa shape index (κ3) is 4.23. The van der Waals surface area contributed by atoms with E-state index in [4.69, 9.17) is 16.3 Å². The zero-order valence-electron chi connectivity index (χ0n) is 12.1. The molecule has 0 aromatic heterocycles. The summed E-state index contributed by atoms with van der Waals surface area (Å²) in [5.41, 5.74) is 1.82. The lowest BCUT2D eigenvalue weighted by Gasteiger charge is -2.18. The minimum Gasteiger partial charge on any atom is -0.481 e. The van der Waals surface area contributed by atoms with Crippen molar-refractivity contribution >= 4 is 23.2 Å². The van der Waals surface area contributed by atoms with Crippen LogP contribution in [0, 0.1) is 6.92 Å². The van der Waals surface area contributed by atoms with E-state index in [9.17, 15) is 4.79 Å². The molecule has 0 radical (unpaired) electrons. The van der Waals surface area contributed by atoms with Gasteiger partial charge >= 0.3 is 0 Å². The highest BCUT2D eigenvalue weighted by molar-refractivity contribution is 6.30. The van der Waals surface area contributed by atoms with Crippen LogP contribution < -0.4 is 10.1 Å². The fraction of sp³-hybridized carbons (Fsp3) is 0.235. The summed E-state index contributed by atoms with van der Waals surface area (Å²) in [6.07, 6.45) is 0.0209. The number of amides is 1. The van der Waals surface area contributed by atoms with E-state index < -0.39 is 6.10 Å². The SMILES string of the molecule is CCC(Oc1cccc(Cl)c1)C(=O)Nc1ccccc1C. The fourth-order valence-electron chi connectivity index (χ4n) is 1.95. The molecule has 0 aliphatic heterocycles. The average molecular weight is 304 g/mol. The summed E-state index contributed by atoms with van der Waals surface area (Å²) < 4.78 is 5.72. The van der Waals surface area contributed by atoms with Gasteiger partial charge in [-0.2, -0.15) is 0 Å². The van der Waals surface area contributed by atoms with Crippen molar-refractivity contribution in [3.8, 4) is 5.75 Å². The van der Waals surface area contributed by atoms with E-state index in [1.165, 1.54) is 0 Å². The molecule has 2 rings (SSSR count). The third-order valence-corrected chi connectivity index (χ3v) is 3.38. The van der Waals surface area contributed by atoms with Crippen LogP contribution in [0.3, 0.4) is 0 Å². The summed E-state index contributed by atoms with van der Waals surface area (Å²) in [5, 5.41) is 3.48. The smallest absolute Gasteiger partial charge is 0.265 e. The Hall–Kier alpha value is -2.00. The molecule has 0 spiro atoms. The van der Waals surface area contributed by atoms with E-state index in [0.29, 0.717) is 17.2 Å². The standard InChI is InChI=1S/C17H18ClNO2/c1-3-16(21-14-9-6-8-13(18)11-14)17(20)19-15-10-5-4-7-12(15)2/h4-11,16H,3H2,1-2H3,(H,19,20). The number of nitrogens with one attached hydrogen (secondary N) is 1. The van der Waals surface area contributed by atoms with Crippen molar-refractivity contribution in [3.63, 3.8) is 0 Å². The van der Waals surface area contributed by atoms with Crippen molar-refractivity contribution in [1.29, 1.82) is 0 Å². The van der Waals surface area contributed by atoms with E-state index in [0.717, 1.165) is 11.3 Å². The van der Waals surface area contributed by atoms with Gasteiger partial charge in [-0.25, -0.2) is 0 Å². The van der Waals surface area contributed by atoms with Crippen molar-refractivity contribution in [2.24, 2.45) is 0 Å². The summed E-state index contributed by atoms with van der Waals surface area (Å²) in [4.78, 5) is 12.3. The van der Waals surface area contributed by atoms with Gasteiger partial charge in [0.15, 0.2) is 6.10 Å². The maximum Gasteiger partial charge on any atom is 0.265 e. The van der Waals surface area contributed by atoms with Crippen LogP contribution in [0.5, 0.6) is 5.75 Å². The normalized spacial score (nSPS) is 11.8. The monoisotopic (exact) mass is 303 g/mol. The number of carbonyl (C=O) groups is 1. The molecule has 1 amide bonds. The number of hydrogen-bond acceptors (Lipinski definition) is 2. The lowest BCUT2D eigenvalue weighted by Crippen LogP contribution is -2.32. The van der Waals surface area contributed by atoms with E-state index in [1.54, 1.807) is 24.3 Å². The van der Waals surface area contributed by atoms with Gasteiger partial charge in [-0.05, 0) is 43.2 Å². The highest BCUT2D eigenvalue weighted by Crippen LogP contribution is 2.20. The molecule has 0 aliphatic rings. The first-order chi connectivity index (χ1) is 10.1. The maximum absolute atomic E-state index is 12.3. The average Bonchev–Trinajstić information content (AvgIpc) is 2.47. The Bertz CT molecular complexity index is 628. The first-order valence-electron chi connectivity index (χ1n) is 6.89. The Balaban J connectivity index is 2.07. The van der Waals surface area contributed by atoms with Gasteiger partial charge in [0.2, 0.25) is 0 Å². The molecule has 0 saturated heterocycles. The van der Waals surface area contributed by atoms with Crippen molar-refractivity contribution < 1.29 is 9.53 Å². The first kappa shape index (κ1) is 15.4. The molecule has 2 aromatic rings. The highest BCUT2D eigenvalue weighted by Gasteiger charge is 2.19. The minimum absolute atomic E-state index is 0.160. The molecule has 0 fully saturated rings. The number of benzene rings is 2. The van der Waals surface area contributed by atoms with Crippen LogP contribution in [0.4, 0.5) is 5.69 Å². The van der Waals surface area contributed by atoms with E-state index in [1.807, 2.05) is 38.1 Å². The van der Waals surface area contributed by atoms with Crippen LogP contribution in [-0.2, 0) is 4.79 Å². The summed E-state index contributed by atoms with van der Waals surface area (Å²) in [6, 6.07) is 14.7. The summed E-state index contributed by atoms with van der Waals surface area (Å²) in [5.74, 6) is 0.432. The summed E-state index contributed by atoms with van der Waals surface area (Å²) >= 11 is 5.92. The quantitative estimate of drug-likeness (QED) is 0.886. The number of hydrogen-bond donors (Lipinski definition) is 1. The lowest BCUT2D eigenvalue weighted by molar-refractivity contribution is -0.122. The largest absolute Gasteiger partial charge is 0.481 e. The molecule has 0 saturated carbocycles. The molecule has 1 unspecified atom stereocenters. The number of ether oxygens (including phenoxy) is 1. The second-order valence-electron chi connectivity index (χ2n) is 4.78. The predicted octanol–water partition coefficient (Wildman–Crippen LogP) is 4.44. The molecule has 4 heteroatoms. The highest BCUT2D eigenvalue weighted by atomic mass is 35.5. The molecule has 0 aliphatic carbocycles. The molecule has 2 aromatic carbocycles. The van der Waals surface area contributed by atoms with Gasteiger partial charge in [-0.3, -0.25) is 4.79 Å². The van der Waals surface area contributed by atoms with Crippen LogP contribution in [0.25, 0.3) is 0 Å². The Morgan fingerprint density at radius 1 is 1.24 bits per heavy atom. The Labute approximate surface area is 129 Å². The minimum atomic E-state index is -0.553. The van der Waals surface area contributed by atoms with E-state index in [2.05, 4.69) is 5.32 Å². The predicted molar refractivity (Wildman–Crippen MR) is 86.0 cm³/mol. The Morgan fingerprint density at radius 2 is 2.00 bits per heavy atom. The van der Waals surface area contributed by atoms with E-state index in [-0.39, 0.29) is 5.91 Å². The van der Waals surface area contributed by atoms with Crippen LogP contribution in [0.2, 0.25) is 5.02 Å². The fourth-order valence-corrected chi connectivity index (χ4v) is 2.13. The van der Waals surface area contributed by atoms with Crippen LogP contribution in [-0.4, -0.2) is 12.0 Å². The number of rotatable bonds is 5. The van der Waals surface area contributed by atoms with Crippen LogP contribution in [0.1, 0.15) is 18.9 Å². The molecule has 1 N–H and O–H groups in total. The van der Waals surface area contributed by atoms with Gasteiger partial charge in [0.05, 0.1) is 0 Å². The molecular weight excluding hydrogens is 286 g/mol. The van der Waals surface area contributed by atoms with Gasteiger partial charge < -0.3 is 10.1 Å². The van der Waals surface area contributed by atoms with Crippen molar-refractivity contribution in [1.82, 2.24) is 0 Å². The van der Waals surface area contributed by atoms with Crippen molar-refractivity contribution in [2.75, 3.05) is 5.32 Å². The molecule has 0 heterocycles. The third-order valence-electron chi connectivity index (χ3n) is 3.14. The number of anilines is 1. The molecule has 1 atom stereocenters. The molecule has 0 bridgehead atoms. The molecule has 110 valence electrons. The zero-order chi connectivity index (χ0) is 15.2. The number of para-hydroxylation sites is 1. The molecule has 21 heavy (non-hydrogen) atoms. The number of aryl methyl sites for hydroxylation is 1. The molecular formula is C17H18ClNO2. The van der Waals surface area contributed by atoms with Crippen LogP contribution >= 0.6 is 11.6 Å². The topological polar surface area (TPSA) is 38.3 Å². The molecule has 3 nitrogen and oxygen atoms in total. The number of carbonyl (C=O) groups excluding carboxylic acids is 1. The van der Waals surface area contributed by atoms with Gasteiger partial charge in [0, 0.05) is 10.7 Å². The Kier molecular flexibility index (Phi) is 5.23. The lowest BCUT2D eigenvalue weighted by atomic mass is 10.2. The maximum atomic E-state index is 12.3. The van der Waals surface area contributed by atoms with Gasteiger partial charge in [-0.15, -0.1) is 0 Å². The van der Waals surface area contributed by atoms with Gasteiger partial charge in [-0.1, -0.05) is 42.8 Å². The van der Waals surface area contributed by atoms with Crippen molar-refractivity contribution in [3.05, 3.63) is 59.1 Å². The van der Waals surface area contributed by atoms with Gasteiger partial charge in [0.1, 0.15) is 5.75 Å². The summed E-state index contributed by atoms with van der Waals surface area (Å²) in [7, 11) is 0. The van der Waals surface area contributed by atoms with Gasteiger partial charge in [0.25, 0.3) is 5.91 Å².